The van der Waals surface area contributed by atoms with Crippen LogP contribution in [0, 0.1) is 0 Å². The van der Waals surface area contributed by atoms with Crippen molar-refractivity contribution in [2.45, 2.75) is 6.92 Å². The molecule has 1 aromatic carbocycles. The van der Waals surface area contributed by atoms with Crippen LogP contribution in [-0.2, 0) is 4.74 Å². The third-order valence-electron chi connectivity index (χ3n) is 3.91. The molecule has 3 aromatic heterocycles. The lowest BCUT2D eigenvalue weighted by Crippen LogP contribution is -2.12. The number of amides is 1. The molecule has 134 valence electrons. The van der Waals surface area contributed by atoms with E-state index in [1.54, 1.807) is 19.3 Å². The van der Waals surface area contributed by atoms with Crippen molar-refractivity contribution in [3.8, 4) is 22.4 Å². The van der Waals surface area contributed by atoms with Gasteiger partial charge in [-0.3, -0.25) is 15.3 Å². The molecule has 7 heteroatoms. The summed E-state index contributed by atoms with van der Waals surface area (Å²) in [4.78, 5) is 25.0. The van der Waals surface area contributed by atoms with Gasteiger partial charge in [0.05, 0.1) is 22.5 Å². The van der Waals surface area contributed by atoms with E-state index >= 15 is 0 Å². The highest BCUT2D eigenvalue weighted by Crippen LogP contribution is 2.37. The summed E-state index contributed by atoms with van der Waals surface area (Å²) in [6.07, 6.45) is 4.80. The summed E-state index contributed by atoms with van der Waals surface area (Å²) in [6.45, 7) is 2.07. The number of benzene rings is 1. The first-order valence-electron chi connectivity index (χ1n) is 8.45. The lowest BCUT2D eigenvalue weighted by molar-refractivity contribution is 0.168. The minimum atomic E-state index is -0.511. The van der Waals surface area contributed by atoms with E-state index in [4.69, 9.17) is 4.74 Å². The van der Waals surface area contributed by atoms with E-state index < -0.39 is 6.09 Å². The number of ether oxygens (including phenoxy) is 1. The van der Waals surface area contributed by atoms with Crippen LogP contribution in [0.1, 0.15) is 6.92 Å². The third-order valence-corrected chi connectivity index (χ3v) is 4.93. The van der Waals surface area contributed by atoms with Gasteiger partial charge in [-0.25, -0.2) is 9.78 Å². The lowest BCUT2D eigenvalue weighted by atomic mass is 10.0. The van der Waals surface area contributed by atoms with Crippen LogP contribution in [0.25, 0.3) is 32.6 Å². The highest BCUT2D eigenvalue weighted by atomic mass is 32.1. The van der Waals surface area contributed by atoms with Crippen LogP contribution in [0.3, 0.4) is 0 Å². The van der Waals surface area contributed by atoms with Gasteiger partial charge in [0.2, 0.25) is 0 Å². The Hall–Kier alpha value is -3.32. The molecule has 0 saturated heterocycles. The van der Waals surface area contributed by atoms with E-state index in [2.05, 4.69) is 26.3 Å². The van der Waals surface area contributed by atoms with E-state index in [9.17, 15) is 4.79 Å². The number of carbonyl (C=O) groups is 1. The number of fused-ring (bicyclic) bond motifs is 1. The molecule has 0 saturated carbocycles. The molecule has 27 heavy (non-hydrogen) atoms. The second-order valence-electron chi connectivity index (χ2n) is 5.69. The zero-order valence-electron chi connectivity index (χ0n) is 14.5. The van der Waals surface area contributed by atoms with Crippen molar-refractivity contribution in [2.75, 3.05) is 11.9 Å². The summed E-state index contributed by atoms with van der Waals surface area (Å²) in [5.74, 6) is 0. The number of hydrogen-bond donors (Lipinski definition) is 1. The fourth-order valence-corrected chi connectivity index (χ4v) is 3.71. The van der Waals surface area contributed by atoms with Gasteiger partial charge in [0.1, 0.15) is 0 Å². The fraction of sp³-hybridized carbons (Fsp3) is 0.100. The number of nitrogens with one attached hydrogen (secondary N) is 1. The van der Waals surface area contributed by atoms with Crippen molar-refractivity contribution in [3.63, 3.8) is 0 Å². The number of aromatic nitrogens is 3. The zero-order chi connectivity index (χ0) is 18.6. The van der Waals surface area contributed by atoms with E-state index in [0.29, 0.717) is 11.7 Å². The Labute approximate surface area is 159 Å². The number of anilines is 1. The Balaban J connectivity index is 1.86. The largest absolute Gasteiger partial charge is 0.450 e. The molecule has 0 fully saturated rings. The minimum Gasteiger partial charge on any atom is -0.450 e. The summed E-state index contributed by atoms with van der Waals surface area (Å²) in [5, 5.41) is 3.17. The van der Waals surface area contributed by atoms with Gasteiger partial charge < -0.3 is 4.74 Å². The molecular weight excluding hydrogens is 360 g/mol. The first kappa shape index (κ1) is 17.1. The topological polar surface area (TPSA) is 77.0 Å². The number of nitrogens with zero attached hydrogens (tertiary/aromatic N) is 3. The summed E-state index contributed by atoms with van der Waals surface area (Å²) < 4.78 is 5.90. The Bertz CT molecular complexity index is 1080. The third kappa shape index (κ3) is 3.63. The Morgan fingerprint density at radius 3 is 2.81 bits per heavy atom. The molecule has 6 nitrogen and oxygen atoms in total. The lowest BCUT2D eigenvalue weighted by Gasteiger charge is -2.06. The van der Waals surface area contributed by atoms with Crippen LogP contribution < -0.4 is 5.32 Å². The van der Waals surface area contributed by atoms with Crippen LogP contribution in [0.15, 0.2) is 61.1 Å². The van der Waals surface area contributed by atoms with Crippen molar-refractivity contribution in [1.29, 1.82) is 0 Å². The summed E-state index contributed by atoms with van der Waals surface area (Å²) in [6, 6.07) is 13.8. The summed E-state index contributed by atoms with van der Waals surface area (Å²) in [5.41, 5.74) is 4.57. The first-order valence-corrected chi connectivity index (χ1v) is 9.26. The molecule has 3 heterocycles. The standard InChI is InChI=1S/C20H16N4O2S/c1-2-26-20(25)24-19-23-17-11-14(13-6-5-8-21-12-13)10-15(18(17)27-19)16-7-3-4-9-22-16/h3-12H,2H2,1H3,(H,23,24,25). The predicted octanol–water partition coefficient (Wildman–Crippen LogP) is 4.99. The highest BCUT2D eigenvalue weighted by Gasteiger charge is 2.15. The normalized spacial score (nSPS) is 10.7. The predicted molar refractivity (Wildman–Crippen MR) is 107 cm³/mol. The summed E-state index contributed by atoms with van der Waals surface area (Å²) >= 11 is 1.40. The second kappa shape index (κ2) is 7.51. The van der Waals surface area contributed by atoms with Crippen molar-refractivity contribution >= 4 is 32.8 Å². The second-order valence-corrected chi connectivity index (χ2v) is 6.69. The first-order chi connectivity index (χ1) is 13.2. The molecule has 0 spiro atoms. The Morgan fingerprint density at radius 1 is 1.15 bits per heavy atom. The van der Waals surface area contributed by atoms with Crippen LogP contribution >= 0.6 is 11.3 Å². The fourth-order valence-electron chi connectivity index (χ4n) is 2.75. The number of carbonyl (C=O) groups excluding carboxylic acids is 1. The molecule has 1 N–H and O–H groups in total. The summed E-state index contributed by atoms with van der Waals surface area (Å²) in [7, 11) is 0. The van der Waals surface area contributed by atoms with Crippen molar-refractivity contribution < 1.29 is 9.53 Å². The molecule has 0 aliphatic rings. The van der Waals surface area contributed by atoms with E-state index in [-0.39, 0.29) is 0 Å². The molecule has 0 bridgehead atoms. The van der Waals surface area contributed by atoms with Gasteiger partial charge in [0.25, 0.3) is 0 Å². The Morgan fingerprint density at radius 2 is 2.07 bits per heavy atom. The van der Waals surface area contributed by atoms with E-state index in [0.717, 1.165) is 32.6 Å². The number of hydrogen-bond acceptors (Lipinski definition) is 6. The maximum absolute atomic E-state index is 11.7. The van der Waals surface area contributed by atoms with E-state index in [1.165, 1.54) is 11.3 Å². The highest BCUT2D eigenvalue weighted by molar-refractivity contribution is 7.22. The maximum Gasteiger partial charge on any atom is 0.413 e. The molecule has 0 unspecified atom stereocenters. The number of thiazole rings is 1. The van der Waals surface area contributed by atoms with Crippen molar-refractivity contribution in [2.24, 2.45) is 0 Å². The quantitative estimate of drug-likeness (QED) is 0.543. The van der Waals surface area contributed by atoms with Gasteiger partial charge >= 0.3 is 6.09 Å². The average molecular weight is 376 g/mol. The van der Waals surface area contributed by atoms with Gasteiger partial charge in [0, 0.05) is 29.7 Å². The maximum atomic E-state index is 11.7. The van der Waals surface area contributed by atoms with Crippen LogP contribution in [0.5, 0.6) is 0 Å². The SMILES string of the molecule is CCOC(=O)Nc1nc2cc(-c3cccnc3)cc(-c3ccccn3)c2s1. The van der Waals surface area contributed by atoms with Crippen molar-refractivity contribution in [1.82, 2.24) is 15.0 Å². The van der Waals surface area contributed by atoms with Gasteiger partial charge in [-0.15, -0.1) is 0 Å². The number of pyridine rings is 2. The number of rotatable bonds is 4. The van der Waals surface area contributed by atoms with Crippen LogP contribution in [-0.4, -0.2) is 27.7 Å². The zero-order valence-corrected chi connectivity index (χ0v) is 15.4. The average Bonchev–Trinajstić information content (AvgIpc) is 3.11. The van der Waals surface area contributed by atoms with Crippen LogP contribution in [0.2, 0.25) is 0 Å². The Kier molecular flexibility index (Phi) is 4.76. The van der Waals surface area contributed by atoms with Gasteiger partial charge in [-0.1, -0.05) is 23.5 Å². The molecule has 0 atom stereocenters. The minimum absolute atomic E-state index is 0.307. The van der Waals surface area contributed by atoms with Gasteiger partial charge in [0.15, 0.2) is 5.13 Å². The molecule has 1 amide bonds. The molecule has 0 radical (unpaired) electrons. The van der Waals surface area contributed by atoms with E-state index in [1.807, 2.05) is 42.6 Å². The van der Waals surface area contributed by atoms with Gasteiger partial charge in [-0.05, 0) is 42.8 Å². The van der Waals surface area contributed by atoms with Crippen LogP contribution in [0.4, 0.5) is 9.93 Å². The van der Waals surface area contributed by atoms with Gasteiger partial charge in [-0.2, -0.15) is 0 Å². The molecule has 4 rings (SSSR count). The molecular formula is C20H16N4O2S. The smallest absolute Gasteiger partial charge is 0.413 e. The molecule has 0 aliphatic carbocycles. The monoisotopic (exact) mass is 376 g/mol. The molecule has 4 aromatic rings. The van der Waals surface area contributed by atoms with Crippen molar-refractivity contribution in [3.05, 3.63) is 61.1 Å². The molecule has 0 aliphatic heterocycles.